The van der Waals surface area contributed by atoms with Crippen molar-refractivity contribution in [2.45, 2.75) is 19.0 Å². The minimum atomic E-state index is -0.903. The second-order valence-electron chi connectivity index (χ2n) is 4.56. The highest BCUT2D eigenvalue weighted by Crippen LogP contribution is 2.23. The van der Waals surface area contributed by atoms with Gasteiger partial charge in [-0.25, -0.2) is 0 Å². The third-order valence-electron chi connectivity index (χ3n) is 2.55. The molecule has 5 nitrogen and oxygen atoms in total. The van der Waals surface area contributed by atoms with Gasteiger partial charge in [-0.2, -0.15) is 0 Å². The van der Waals surface area contributed by atoms with Gasteiger partial charge >= 0.3 is 5.97 Å². The van der Waals surface area contributed by atoms with Crippen molar-refractivity contribution in [3.63, 3.8) is 0 Å². The van der Waals surface area contributed by atoms with E-state index in [1.54, 1.807) is 13.2 Å². The zero-order valence-electron chi connectivity index (χ0n) is 11.0. The van der Waals surface area contributed by atoms with Gasteiger partial charge in [-0.15, -0.1) is 0 Å². The van der Waals surface area contributed by atoms with Gasteiger partial charge in [0.2, 0.25) is 0 Å². The Morgan fingerprint density at radius 2 is 2.11 bits per heavy atom. The number of hydrogen-bond acceptors (Lipinski definition) is 4. The summed E-state index contributed by atoms with van der Waals surface area (Å²) in [4.78, 5) is 12.7. The van der Waals surface area contributed by atoms with Crippen molar-refractivity contribution in [1.29, 1.82) is 0 Å². The molecule has 0 fully saturated rings. The van der Waals surface area contributed by atoms with E-state index in [9.17, 15) is 4.79 Å². The molecule has 0 aromatic heterocycles. The Balaban J connectivity index is 2.99. The highest BCUT2D eigenvalue weighted by molar-refractivity contribution is 5.68. The predicted molar refractivity (Wildman–Crippen MR) is 69.6 cm³/mol. The van der Waals surface area contributed by atoms with Crippen LogP contribution in [0.25, 0.3) is 0 Å². The largest absolute Gasteiger partial charge is 0.497 e. The lowest BCUT2D eigenvalue weighted by Gasteiger charge is -2.15. The summed E-state index contributed by atoms with van der Waals surface area (Å²) in [6.45, 7) is 0.754. The second-order valence-corrected chi connectivity index (χ2v) is 4.56. The normalized spacial score (nSPS) is 12.5. The van der Waals surface area contributed by atoms with E-state index in [1.807, 2.05) is 31.1 Å². The van der Waals surface area contributed by atoms with Gasteiger partial charge < -0.3 is 20.5 Å². The molecule has 0 spiro atoms. The van der Waals surface area contributed by atoms with Crippen LogP contribution >= 0.6 is 0 Å². The molecule has 3 N–H and O–H groups in total. The topological polar surface area (TPSA) is 75.8 Å². The van der Waals surface area contributed by atoms with Crippen LogP contribution in [-0.2, 0) is 11.3 Å². The molecule has 5 heteroatoms. The number of ether oxygens (including phenoxy) is 1. The van der Waals surface area contributed by atoms with Crippen molar-refractivity contribution in [3.8, 4) is 5.75 Å². The van der Waals surface area contributed by atoms with Crippen molar-refractivity contribution < 1.29 is 14.6 Å². The Labute approximate surface area is 107 Å². The summed E-state index contributed by atoms with van der Waals surface area (Å²) >= 11 is 0. The van der Waals surface area contributed by atoms with Gasteiger partial charge in [0, 0.05) is 12.6 Å². The van der Waals surface area contributed by atoms with Crippen LogP contribution in [0.1, 0.15) is 23.6 Å². The van der Waals surface area contributed by atoms with E-state index in [0.29, 0.717) is 5.75 Å². The number of hydrogen-bond donors (Lipinski definition) is 2. The van der Waals surface area contributed by atoms with Crippen molar-refractivity contribution in [2.24, 2.45) is 5.73 Å². The second kappa shape index (κ2) is 6.37. The first-order valence-corrected chi connectivity index (χ1v) is 5.72. The van der Waals surface area contributed by atoms with Gasteiger partial charge in [-0.05, 0) is 37.4 Å². The molecule has 1 aromatic rings. The van der Waals surface area contributed by atoms with Crippen LogP contribution < -0.4 is 10.5 Å². The summed E-state index contributed by atoms with van der Waals surface area (Å²) in [5, 5.41) is 8.77. The Kier molecular flexibility index (Phi) is 5.12. The van der Waals surface area contributed by atoms with Crippen LogP contribution in [0.2, 0.25) is 0 Å². The molecule has 1 aromatic carbocycles. The molecule has 100 valence electrons. The van der Waals surface area contributed by atoms with Crippen LogP contribution in [0.5, 0.6) is 5.75 Å². The van der Waals surface area contributed by atoms with E-state index in [4.69, 9.17) is 15.6 Å². The van der Waals surface area contributed by atoms with E-state index in [2.05, 4.69) is 0 Å². The van der Waals surface area contributed by atoms with E-state index in [0.717, 1.165) is 17.7 Å². The van der Waals surface area contributed by atoms with Gasteiger partial charge in [-0.3, -0.25) is 4.79 Å². The molecule has 0 saturated heterocycles. The summed E-state index contributed by atoms with van der Waals surface area (Å²) in [5.74, 6) is -0.204. The zero-order valence-corrected chi connectivity index (χ0v) is 11.0. The monoisotopic (exact) mass is 252 g/mol. The summed E-state index contributed by atoms with van der Waals surface area (Å²) in [7, 11) is 5.52. The summed E-state index contributed by atoms with van der Waals surface area (Å²) in [6.07, 6.45) is -0.0887. The summed E-state index contributed by atoms with van der Waals surface area (Å²) < 4.78 is 5.21. The lowest BCUT2D eigenvalue weighted by molar-refractivity contribution is -0.137. The molecule has 0 bridgehead atoms. The van der Waals surface area contributed by atoms with Crippen molar-refractivity contribution >= 4 is 5.97 Å². The summed E-state index contributed by atoms with van der Waals surface area (Å²) in [5.41, 5.74) is 7.71. The average molecular weight is 252 g/mol. The molecular formula is C13H20N2O3. The lowest BCUT2D eigenvalue weighted by Crippen LogP contribution is -2.16. The Bertz CT molecular complexity index is 419. The van der Waals surface area contributed by atoms with E-state index >= 15 is 0 Å². The van der Waals surface area contributed by atoms with Crippen molar-refractivity contribution in [2.75, 3.05) is 21.2 Å². The maximum atomic E-state index is 10.7. The fourth-order valence-electron chi connectivity index (χ4n) is 1.78. The molecule has 0 radical (unpaired) electrons. The van der Waals surface area contributed by atoms with Gasteiger partial charge in [0.15, 0.2) is 0 Å². The fourth-order valence-corrected chi connectivity index (χ4v) is 1.78. The van der Waals surface area contributed by atoms with E-state index in [-0.39, 0.29) is 6.42 Å². The van der Waals surface area contributed by atoms with Crippen molar-refractivity contribution in [1.82, 2.24) is 4.90 Å². The standard InChI is InChI=1S/C13H20N2O3/c1-15(2)8-9-4-10(6-11(5-9)18-3)12(14)7-13(16)17/h4-6,12H,7-8,14H2,1-3H3,(H,16,17). The molecule has 0 aliphatic rings. The quantitative estimate of drug-likeness (QED) is 0.796. The van der Waals surface area contributed by atoms with Crippen molar-refractivity contribution in [3.05, 3.63) is 29.3 Å². The summed E-state index contributed by atoms with van der Waals surface area (Å²) in [6, 6.07) is 5.12. The van der Waals surface area contributed by atoms with Gasteiger partial charge in [0.25, 0.3) is 0 Å². The minimum absolute atomic E-state index is 0.0887. The Hall–Kier alpha value is -1.59. The number of carboxylic acids is 1. The number of nitrogens with zero attached hydrogens (tertiary/aromatic N) is 1. The molecule has 0 aliphatic carbocycles. The first kappa shape index (κ1) is 14.5. The third-order valence-corrected chi connectivity index (χ3v) is 2.55. The average Bonchev–Trinajstić information content (AvgIpc) is 2.26. The maximum absolute atomic E-state index is 10.7. The number of carboxylic acid groups (broad SMARTS) is 1. The molecule has 0 heterocycles. The zero-order chi connectivity index (χ0) is 13.7. The Morgan fingerprint density at radius 1 is 1.44 bits per heavy atom. The number of methoxy groups -OCH3 is 1. The predicted octanol–water partition coefficient (Wildman–Crippen LogP) is 1.23. The van der Waals surface area contributed by atoms with E-state index in [1.165, 1.54) is 0 Å². The smallest absolute Gasteiger partial charge is 0.305 e. The highest BCUT2D eigenvalue weighted by atomic mass is 16.5. The fraction of sp³-hybridized carbons (Fsp3) is 0.462. The third kappa shape index (κ3) is 4.35. The molecule has 0 aliphatic heterocycles. The van der Waals surface area contributed by atoms with E-state index < -0.39 is 12.0 Å². The van der Waals surface area contributed by atoms with Crippen LogP contribution in [0, 0.1) is 0 Å². The molecule has 1 rings (SSSR count). The highest BCUT2D eigenvalue weighted by Gasteiger charge is 2.13. The van der Waals surface area contributed by atoms with Crippen LogP contribution in [-0.4, -0.2) is 37.2 Å². The number of rotatable bonds is 6. The van der Waals surface area contributed by atoms with Crippen LogP contribution in [0.3, 0.4) is 0 Å². The first-order valence-electron chi connectivity index (χ1n) is 5.72. The molecule has 18 heavy (non-hydrogen) atoms. The molecular weight excluding hydrogens is 232 g/mol. The lowest BCUT2D eigenvalue weighted by atomic mass is 10.0. The minimum Gasteiger partial charge on any atom is -0.497 e. The Morgan fingerprint density at radius 3 is 2.61 bits per heavy atom. The molecule has 1 unspecified atom stereocenters. The molecule has 1 atom stereocenters. The van der Waals surface area contributed by atoms with Gasteiger partial charge in [-0.1, -0.05) is 6.07 Å². The number of nitrogens with two attached hydrogens (primary N) is 1. The SMILES string of the molecule is COc1cc(CN(C)C)cc(C(N)CC(=O)O)c1. The number of benzene rings is 1. The van der Waals surface area contributed by atoms with Crippen LogP contribution in [0.15, 0.2) is 18.2 Å². The molecule has 0 amide bonds. The first-order chi connectivity index (χ1) is 8.42. The number of aliphatic carboxylic acids is 1. The number of carbonyl (C=O) groups is 1. The maximum Gasteiger partial charge on any atom is 0.305 e. The van der Waals surface area contributed by atoms with Crippen LogP contribution in [0.4, 0.5) is 0 Å². The van der Waals surface area contributed by atoms with Gasteiger partial charge in [0.1, 0.15) is 5.75 Å². The molecule has 0 saturated carbocycles. The van der Waals surface area contributed by atoms with Gasteiger partial charge in [0.05, 0.1) is 13.5 Å².